The van der Waals surface area contributed by atoms with Gasteiger partial charge in [-0.15, -0.1) is 0 Å². The summed E-state index contributed by atoms with van der Waals surface area (Å²) in [5.41, 5.74) is 3.22. The average molecular weight is 346 g/mol. The Balaban J connectivity index is 1.84. The zero-order valence-electron chi connectivity index (χ0n) is 14.9. The number of rotatable bonds is 4. The lowest BCUT2D eigenvalue weighted by Crippen LogP contribution is -2.27. The number of aliphatic hydroxyl groups excluding tert-OH is 1. The molecule has 2 fully saturated rings. The van der Waals surface area contributed by atoms with Crippen LogP contribution in [0, 0.1) is 17.8 Å². The molecule has 1 aliphatic heterocycles. The van der Waals surface area contributed by atoms with Crippen molar-refractivity contribution in [1.82, 2.24) is 0 Å². The summed E-state index contributed by atoms with van der Waals surface area (Å²) in [6.45, 7) is 12.1. The van der Waals surface area contributed by atoms with Crippen molar-refractivity contribution >= 4 is 11.9 Å². The first-order valence-corrected chi connectivity index (χ1v) is 8.92. The normalized spacial score (nSPS) is 31.8. The molecule has 0 spiro atoms. The molecule has 1 saturated carbocycles. The highest BCUT2D eigenvalue weighted by atomic mass is 16.6. The van der Waals surface area contributed by atoms with Crippen LogP contribution in [0.3, 0.4) is 0 Å². The highest BCUT2D eigenvalue weighted by Gasteiger charge is 2.50. The molecular formula is C20H26O5. The fourth-order valence-electron chi connectivity index (χ4n) is 4.16. The van der Waals surface area contributed by atoms with Gasteiger partial charge >= 0.3 is 11.9 Å². The summed E-state index contributed by atoms with van der Waals surface area (Å²) in [6, 6.07) is 0. The number of ether oxygens (including phenoxy) is 2. The van der Waals surface area contributed by atoms with E-state index in [1.165, 1.54) is 0 Å². The van der Waals surface area contributed by atoms with Gasteiger partial charge in [0.05, 0.1) is 6.10 Å². The third kappa shape index (κ3) is 3.30. The number of hydrogen-bond donors (Lipinski definition) is 1. The van der Waals surface area contributed by atoms with Gasteiger partial charge in [-0.05, 0) is 36.3 Å². The molecule has 3 aliphatic rings. The maximum Gasteiger partial charge on any atom is 0.334 e. The maximum absolute atomic E-state index is 11.9. The maximum atomic E-state index is 11.9. The molecule has 0 aromatic heterocycles. The van der Waals surface area contributed by atoms with Gasteiger partial charge < -0.3 is 14.6 Å². The predicted molar refractivity (Wildman–Crippen MR) is 92.4 cm³/mol. The number of aliphatic hydroxyl groups is 1. The van der Waals surface area contributed by atoms with Gasteiger partial charge in [-0.25, -0.2) is 4.79 Å². The van der Waals surface area contributed by atoms with E-state index in [0.29, 0.717) is 30.4 Å². The van der Waals surface area contributed by atoms with Crippen LogP contribution in [-0.2, 0) is 19.1 Å². The molecule has 0 aromatic rings. The van der Waals surface area contributed by atoms with E-state index in [0.717, 1.165) is 17.6 Å². The van der Waals surface area contributed by atoms with Crippen LogP contribution in [0.4, 0.5) is 0 Å². The molecule has 4 atom stereocenters. The standard InChI is InChI=1S/C20H26O5/c1-10(2)7-17(22)24-9-13-5-6-14-11(3)20(23)25-19(14)18-12(4)16(21)8-15(13)18/h10,14,16,18-19,21H,3-9H2,1-2H3. The van der Waals surface area contributed by atoms with Gasteiger partial charge in [-0.2, -0.15) is 0 Å². The minimum Gasteiger partial charge on any atom is -0.461 e. The van der Waals surface area contributed by atoms with Crippen molar-refractivity contribution in [3.63, 3.8) is 0 Å². The van der Waals surface area contributed by atoms with Gasteiger partial charge in [0, 0.05) is 23.8 Å². The quantitative estimate of drug-likeness (QED) is 0.481. The van der Waals surface area contributed by atoms with E-state index in [9.17, 15) is 14.7 Å². The SMILES string of the molecule is C=C1C(=O)OC2C1CCC(COC(=O)CC(C)C)=C1CC(O)C(=C)C12. The number of carbonyl (C=O) groups excluding carboxylic acids is 2. The molecule has 25 heavy (non-hydrogen) atoms. The Kier molecular flexibility index (Phi) is 4.87. The average Bonchev–Trinajstić information content (AvgIpc) is 2.91. The van der Waals surface area contributed by atoms with Crippen molar-refractivity contribution in [2.45, 2.75) is 51.7 Å². The summed E-state index contributed by atoms with van der Waals surface area (Å²) in [4.78, 5) is 23.8. The Morgan fingerprint density at radius 1 is 1.40 bits per heavy atom. The summed E-state index contributed by atoms with van der Waals surface area (Å²) in [6.07, 6.45) is 1.30. The molecule has 0 aromatic carbocycles. The Bertz CT molecular complexity index is 657. The molecule has 2 aliphatic carbocycles. The Labute approximate surface area is 148 Å². The topological polar surface area (TPSA) is 72.8 Å². The molecule has 0 radical (unpaired) electrons. The highest BCUT2D eigenvalue weighted by molar-refractivity contribution is 5.91. The van der Waals surface area contributed by atoms with Gasteiger partial charge in [0.25, 0.3) is 0 Å². The van der Waals surface area contributed by atoms with Crippen LogP contribution in [0.15, 0.2) is 35.5 Å². The zero-order chi connectivity index (χ0) is 18.3. The van der Waals surface area contributed by atoms with E-state index in [2.05, 4.69) is 13.2 Å². The summed E-state index contributed by atoms with van der Waals surface area (Å²) in [7, 11) is 0. The van der Waals surface area contributed by atoms with E-state index in [1.54, 1.807) is 0 Å². The number of hydrogen-bond acceptors (Lipinski definition) is 5. The second-order valence-electron chi connectivity index (χ2n) is 7.70. The summed E-state index contributed by atoms with van der Waals surface area (Å²) < 4.78 is 11.0. The first kappa shape index (κ1) is 17.9. The lowest BCUT2D eigenvalue weighted by Gasteiger charge is -2.23. The van der Waals surface area contributed by atoms with E-state index < -0.39 is 6.10 Å². The smallest absolute Gasteiger partial charge is 0.334 e. The molecule has 0 bridgehead atoms. The number of carbonyl (C=O) groups is 2. The minimum atomic E-state index is -0.646. The number of fused-ring (bicyclic) bond motifs is 3. The second kappa shape index (κ2) is 6.79. The fourth-order valence-corrected chi connectivity index (χ4v) is 4.16. The van der Waals surface area contributed by atoms with Gasteiger partial charge in [-0.3, -0.25) is 4.79 Å². The second-order valence-corrected chi connectivity index (χ2v) is 7.70. The Hall–Kier alpha value is -1.88. The van der Waals surface area contributed by atoms with E-state index >= 15 is 0 Å². The van der Waals surface area contributed by atoms with Gasteiger partial charge in [0.15, 0.2) is 0 Å². The van der Waals surface area contributed by atoms with Crippen molar-refractivity contribution in [3.05, 3.63) is 35.5 Å². The molecule has 5 nitrogen and oxygen atoms in total. The van der Waals surface area contributed by atoms with Crippen molar-refractivity contribution in [3.8, 4) is 0 Å². The van der Waals surface area contributed by atoms with E-state index in [1.807, 2.05) is 13.8 Å². The van der Waals surface area contributed by atoms with Crippen LogP contribution >= 0.6 is 0 Å². The zero-order valence-corrected chi connectivity index (χ0v) is 14.9. The Morgan fingerprint density at radius 3 is 2.80 bits per heavy atom. The molecule has 5 heteroatoms. The summed E-state index contributed by atoms with van der Waals surface area (Å²) >= 11 is 0. The monoisotopic (exact) mass is 346 g/mol. The molecule has 1 heterocycles. The third-order valence-corrected chi connectivity index (χ3v) is 5.49. The molecule has 4 unspecified atom stereocenters. The van der Waals surface area contributed by atoms with E-state index in [4.69, 9.17) is 9.47 Å². The third-order valence-electron chi connectivity index (χ3n) is 5.49. The van der Waals surface area contributed by atoms with Crippen molar-refractivity contribution in [2.24, 2.45) is 17.8 Å². The van der Waals surface area contributed by atoms with Gasteiger partial charge in [0.1, 0.15) is 12.7 Å². The van der Waals surface area contributed by atoms with Crippen molar-refractivity contribution in [2.75, 3.05) is 6.61 Å². The molecule has 3 rings (SSSR count). The first-order valence-electron chi connectivity index (χ1n) is 8.92. The molecule has 0 amide bonds. The van der Waals surface area contributed by atoms with Crippen LogP contribution in [0.2, 0.25) is 0 Å². The lowest BCUT2D eigenvalue weighted by atomic mass is 9.84. The fraction of sp³-hybridized carbons (Fsp3) is 0.600. The first-order chi connectivity index (χ1) is 11.8. The van der Waals surface area contributed by atoms with Crippen molar-refractivity contribution in [1.29, 1.82) is 0 Å². The molecule has 1 N–H and O–H groups in total. The van der Waals surface area contributed by atoms with Gasteiger partial charge in [0.2, 0.25) is 0 Å². The Morgan fingerprint density at radius 2 is 2.12 bits per heavy atom. The van der Waals surface area contributed by atoms with Gasteiger partial charge in [-0.1, -0.05) is 32.6 Å². The van der Waals surface area contributed by atoms with Crippen LogP contribution in [0.5, 0.6) is 0 Å². The van der Waals surface area contributed by atoms with Crippen LogP contribution in [-0.4, -0.2) is 35.9 Å². The van der Waals surface area contributed by atoms with Crippen LogP contribution in [0.1, 0.15) is 39.5 Å². The summed E-state index contributed by atoms with van der Waals surface area (Å²) in [5.74, 6) is -0.585. The van der Waals surface area contributed by atoms with Crippen LogP contribution < -0.4 is 0 Å². The van der Waals surface area contributed by atoms with Crippen molar-refractivity contribution < 1.29 is 24.2 Å². The van der Waals surface area contributed by atoms with E-state index in [-0.39, 0.29) is 42.4 Å². The highest BCUT2D eigenvalue weighted by Crippen LogP contribution is 2.50. The molecule has 1 saturated heterocycles. The molecular weight excluding hydrogens is 320 g/mol. The number of esters is 2. The lowest BCUT2D eigenvalue weighted by molar-refractivity contribution is -0.143. The minimum absolute atomic E-state index is 0.0709. The van der Waals surface area contributed by atoms with Crippen LogP contribution in [0.25, 0.3) is 0 Å². The largest absolute Gasteiger partial charge is 0.461 e. The predicted octanol–water partition coefficient (Wildman–Crippen LogP) is 2.70. The molecule has 136 valence electrons. The summed E-state index contributed by atoms with van der Waals surface area (Å²) in [5, 5.41) is 10.3.